The highest BCUT2D eigenvalue weighted by Crippen LogP contribution is 2.36. The minimum Gasteiger partial charge on any atom is -0.399 e. The first-order valence-electron chi connectivity index (χ1n) is 8.31. The molecular weight excluding hydrogens is 335 g/mol. The molecule has 3 rings (SSSR count). The average Bonchev–Trinajstić information content (AvgIpc) is 2.76. The Morgan fingerprint density at radius 1 is 0.840 bits per heavy atom. The van der Waals surface area contributed by atoms with E-state index in [1.54, 1.807) is 49.4 Å². The van der Waals surface area contributed by atoms with Crippen molar-refractivity contribution in [3.63, 3.8) is 0 Å². The first-order chi connectivity index (χ1) is 11.5. The summed E-state index contributed by atoms with van der Waals surface area (Å²) in [5, 5.41) is 0. The van der Waals surface area contributed by atoms with Gasteiger partial charge in [0.25, 0.3) is 0 Å². The number of aryl methyl sites for hydroxylation is 1. The Morgan fingerprint density at radius 3 is 1.88 bits per heavy atom. The molecule has 0 bridgehead atoms. The second-order valence-electron chi connectivity index (χ2n) is 7.43. The van der Waals surface area contributed by atoms with Crippen LogP contribution in [0.5, 0.6) is 0 Å². The van der Waals surface area contributed by atoms with Crippen LogP contribution in [0.2, 0.25) is 0 Å². The molecule has 1 fully saturated rings. The maximum atomic E-state index is 12.8. The van der Waals surface area contributed by atoms with E-state index in [4.69, 9.17) is 9.31 Å². The van der Waals surface area contributed by atoms with Crippen LogP contribution >= 0.6 is 0 Å². The molecule has 132 valence electrons. The lowest BCUT2D eigenvalue weighted by molar-refractivity contribution is 0.00578. The van der Waals surface area contributed by atoms with E-state index in [0.717, 1.165) is 11.0 Å². The van der Waals surface area contributed by atoms with E-state index in [1.165, 1.54) is 0 Å². The summed E-state index contributed by atoms with van der Waals surface area (Å²) in [6, 6.07) is 13.7. The van der Waals surface area contributed by atoms with Crippen molar-refractivity contribution in [2.75, 3.05) is 0 Å². The van der Waals surface area contributed by atoms with Crippen molar-refractivity contribution in [3.8, 4) is 0 Å². The lowest BCUT2D eigenvalue weighted by Gasteiger charge is -2.32. The van der Waals surface area contributed by atoms with Crippen LogP contribution < -0.4 is 5.46 Å². The molecule has 0 unspecified atom stereocenters. The monoisotopic (exact) mass is 358 g/mol. The first kappa shape index (κ1) is 18.2. The molecule has 25 heavy (non-hydrogen) atoms. The van der Waals surface area contributed by atoms with Crippen molar-refractivity contribution in [2.45, 2.75) is 55.6 Å². The predicted octanol–water partition coefficient (Wildman–Crippen LogP) is 3.13. The van der Waals surface area contributed by atoms with Gasteiger partial charge in [-0.3, -0.25) is 0 Å². The summed E-state index contributed by atoms with van der Waals surface area (Å²) in [7, 11) is -4.04. The fourth-order valence-electron chi connectivity index (χ4n) is 2.77. The number of sulfone groups is 1. The third kappa shape index (κ3) is 3.14. The van der Waals surface area contributed by atoms with E-state index in [2.05, 4.69) is 0 Å². The fourth-order valence-corrected chi connectivity index (χ4v) is 4.27. The highest BCUT2D eigenvalue weighted by molar-refractivity contribution is 7.91. The topological polar surface area (TPSA) is 52.6 Å². The van der Waals surface area contributed by atoms with Gasteiger partial charge in [-0.2, -0.15) is 0 Å². The molecule has 0 amide bonds. The van der Waals surface area contributed by atoms with Gasteiger partial charge in [0.05, 0.1) is 21.0 Å². The third-order valence-corrected chi connectivity index (χ3v) is 7.03. The van der Waals surface area contributed by atoms with Gasteiger partial charge in [-0.15, -0.1) is 0 Å². The van der Waals surface area contributed by atoms with Gasteiger partial charge in [0, 0.05) is 0 Å². The van der Waals surface area contributed by atoms with Crippen LogP contribution in [0.15, 0.2) is 58.3 Å². The molecule has 1 heterocycles. The summed E-state index contributed by atoms with van der Waals surface area (Å²) < 4.78 is 37.7. The predicted molar refractivity (Wildman–Crippen MR) is 98.8 cm³/mol. The zero-order valence-electron chi connectivity index (χ0n) is 15.2. The van der Waals surface area contributed by atoms with Gasteiger partial charge < -0.3 is 9.31 Å². The Labute approximate surface area is 150 Å². The largest absolute Gasteiger partial charge is 0.494 e. The van der Waals surface area contributed by atoms with Crippen molar-refractivity contribution >= 4 is 22.4 Å². The fraction of sp³-hybridized carbons (Fsp3) is 0.368. The zero-order valence-corrected chi connectivity index (χ0v) is 16.1. The number of hydrogen-bond acceptors (Lipinski definition) is 4. The standard InChI is InChI=1S/C19H23BO4S/c1-14-8-6-7-9-17(14)25(21,22)16-12-10-15(11-13-16)20-23-18(2,3)19(4,5)24-20/h6-13H,1-5H3. The molecule has 1 aliphatic rings. The zero-order chi connectivity index (χ0) is 18.5. The first-order valence-corrected chi connectivity index (χ1v) is 9.79. The van der Waals surface area contributed by atoms with Crippen LogP contribution in [0.3, 0.4) is 0 Å². The summed E-state index contributed by atoms with van der Waals surface area (Å²) in [5.41, 5.74) is 0.688. The molecule has 4 nitrogen and oxygen atoms in total. The minimum absolute atomic E-state index is 0.266. The molecule has 1 aliphatic heterocycles. The van der Waals surface area contributed by atoms with Crippen molar-refractivity contribution in [3.05, 3.63) is 54.1 Å². The van der Waals surface area contributed by atoms with Crippen molar-refractivity contribution in [1.82, 2.24) is 0 Å². The van der Waals surface area contributed by atoms with E-state index in [-0.39, 0.29) is 4.90 Å². The molecule has 0 aliphatic carbocycles. The van der Waals surface area contributed by atoms with Gasteiger partial charge in [0.2, 0.25) is 9.84 Å². The Balaban J connectivity index is 1.90. The Kier molecular flexibility index (Phi) is 4.34. The van der Waals surface area contributed by atoms with Crippen LogP contribution in [0.4, 0.5) is 0 Å². The quantitative estimate of drug-likeness (QED) is 0.791. The van der Waals surface area contributed by atoms with E-state index < -0.39 is 28.2 Å². The molecule has 0 N–H and O–H groups in total. The number of benzene rings is 2. The van der Waals surface area contributed by atoms with Gasteiger partial charge in [0.15, 0.2) is 0 Å². The smallest absolute Gasteiger partial charge is 0.399 e. The molecule has 0 aromatic heterocycles. The van der Waals surface area contributed by atoms with Gasteiger partial charge in [-0.1, -0.05) is 30.3 Å². The summed E-state index contributed by atoms with van der Waals surface area (Å²) in [4.78, 5) is 0.598. The van der Waals surface area contributed by atoms with Crippen molar-refractivity contribution < 1.29 is 17.7 Å². The van der Waals surface area contributed by atoms with Crippen LogP contribution in [0.25, 0.3) is 0 Å². The molecule has 2 aromatic carbocycles. The van der Waals surface area contributed by atoms with Gasteiger partial charge in [0.1, 0.15) is 0 Å². The van der Waals surface area contributed by atoms with Crippen molar-refractivity contribution in [2.24, 2.45) is 0 Å². The summed E-state index contributed by atoms with van der Waals surface area (Å²) in [6.45, 7) is 9.76. The maximum Gasteiger partial charge on any atom is 0.494 e. The van der Waals surface area contributed by atoms with Gasteiger partial charge >= 0.3 is 7.12 Å². The summed E-state index contributed by atoms with van der Waals surface area (Å²) >= 11 is 0. The average molecular weight is 358 g/mol. The molecule has 2 aromatic rings. The van der Waals surface area contributed by atoms with E-state index >= 15 is 0 Å². The second-order valence-corrected chi connectivity index (χ2v) is 9.34. The van der Waals surface area contributed by atoms with E-state index in [0.29, 0.717) is 4.90 Å². The molecular formula is C19H23BO4S. The van der Waals surface area contributed by atoms with Crippen LogP contribution in [-0.2, 0) is 19.1 Å². The number of rotatable bonds is 3. The molecule has 0 radical (unpaired) electrons. The second kappa shape index (κ2) is 5.97. The molecule has 1 saturated heterocycles. The number of hydrogen-bond donors (Lipinski definition) is 0. The minimum atomic E-state index is -3.54. The Morgan fingerprint density at radius 2 is 1.36 bits per heavy atom. The Hall–Kier alpha value is -1.63. The molecule has 0 saturated carbocycles. The van der Waals surface area contributed by atoms with Crippen LogP contribution in [-0.4, -0.2) is 26.7 Å². The summed E-state index contributed by atoms with van der Waals surface area (Å²) in [5.74, 6) is 0. The SMILES string of the molecule is Cc1ccccc1S(=O)(=O)c1ccc(B2OC(C)(C)C(C)(C)O2)cc1. The third-order valence-electron chi connectivity index (χ3n) is 5.10. The molecule has 6 heteroatoms. The normalized spacial score (nSPS) is 19.2. The van der Waals surface area contributed by atoms with E-state index in [1.807, 2.05) is 33.8 Å². The van der Waals surface area contributed by atoms with Crippen LogP contribution in [0.1, 0.15) is 33.3 Å². The maximum absolute atomic E-state index is 12.8. The van der Waals surface area contributed by atoms with Gasteiger partial charge in [-0.25, -0.2) is 8.42 Å². The lowest BCUT2D eigenvalue weighted by Crippen LogP contribution is -2.41. The highest BCUT2D eigenvalue weighted by atomic mass is 32.2. The van der Waals surface area contributed by atoms with Gasteiger partial charge in [-0.05, 0) is 63.8 Å². The van der Waals surface area contributed by atoms with E-state index in [9.17, 15) is 8.42 Å². The van der Waals surface area contributed by atoms with Crippen LogP contribution in [0, 0.1) is 6.92 Å². The molecule has 0 spiro atoms. The highest BCUT2D eigenvalue weighted by Gasteiger charge is 2.51. The molecule has 0 atom stereocenters. The lowest BCUT2D eigenvalue weighted by atomic mass is 9.79. The Bertz CT molecular complexity index is 870. The summed E-state index contributed by atoms with van der Waals surface area (Å²) in [6.07, 6.45) is 0. The van der Waals surface area contributed by atoms with Crippen molar-refractivity contribution in [1.29, 1.82) is 0 Å².